The Balaban J connectivity index is 0.00000200. The van der Waals surface area contributed by atoms with Crippen LogP contribution in [0.3, 0.4) is 0 Å². The molecule has 2 aromatic rings. The van der Waals surface area contributed by atoms with E-state index in [1.807, 2.05) is 31.3 Å². The zero-order valence-corrected chi connectivity index (χ0v) is 11.6. The molecule has 0 bridgehead atoms. The summed E-state index contributed by atoms with van der Waals surface area (Å²) < 4.78 is 6.19. The minimum absolute atomic E-state index is 0. The summed E-state index contributed by atoms with van der Waals surface area (Å²) in [7, 11) is 1.97. The summed E-state index contributed by atoms with van der Waals surface area (Å²) in [5, 5.41) is 3.19. The van der Waals surface area contributed by atoms with Gasteiger partial charge in [-0.1, -0.05) is 56.0 Å². The SMILES string of the molecule is C.CNCC[C@H](Oc1ccccc1C)c1ccccc1. The van der Waals surface area contributed by atoms with Crippen LogP contribution < -0.4 is 10.1 Å². The molecule has 0 heterocycles. The third kappa shape index (κ3) is 4.39. The van der Waals surface area contributed by atoms with Crippen molar-refractivity contribution in [3.8, 4) is 5.75 Å². The summed E-state index contributed by atoms with van der Waals surface area (Å²) in [5.74, 6) is 0.965. The average Bonchev–Trinajstić information content (AvgIpc) is 2.46. The van der Waals surface area contributed by atoms with E-state index in [1.54, 1.807) is 0 Å². The average molecular weight is 271 g/mol. The van der Waals surface area contributed by atoms with Gasteiger partial charge in [0.25, 0.3) is 0 Å². The summed E-state index contributed by atoms with van der Waals surface area (Å²) in [6, 6.07) is 18.6. The van der Waals surface area contributed by atoms with Crippen molar-refractivity contribution in [2.45, 2.75) is 26.9 Å². The maximum Gasteiger partial charge on any atom is 0.125 e. The molecule has 2 nitrogen and oxygen atoms in total. The van der Waals surface area contributed by atoms with Crippen LogP contribution in [0.15, 0.2) is 54.6 Å². The van der Waals surface area contributed by atoms with Gasteiger partial charge in [-0.05, 0) is 37.7 Å². The van der Waals surface area contributed by atoms with Crippen molar-refractivity contribution >= 4 is 0 Å². The fourth-order valence-corrected chi connectivity index (χ4v) is 2.08. The van der Waals surface area contributed by atoms with Gasteiger partial charge < -0.3 is 10.1 Å². The van der Waals surface area contributed by atoms with Crippen molar-refractivity contribution in [1.82, 2.24) is 5.32 Å². The maximum atomic E-state index is 6.19. The van der Waals surface area contributed by atoms with E-state index >= 15 is 0 Å². The molecule has 0 saturated heterocycles. The maximum absolute atomic E-state index is 6.19. The molecule has 0 aliphatic rings. The number of nitrogens with one attached hydrogen (secondary N) is 1. The van der Waals surface area contributed by atoms with Gasteiger partial charge in [-0.3, -0.25) is 0 Å². The monoisotopic (exact) mass is 271 g/mol. The van der Waals surface area contributed by atoms with Gasteiger partial charge in [0.1, 0.15) is 11.9 Å². The van der Waals surface area contributed by atoms with Gasteiger partial charge in [0.15, 0.2) is 0 Å². The van der Waals surface area contributed by atoms with Crippen LogP contribution in [0.1, 0.15) is 31.1 Å². The van der Waals surface area contributed by atoms with Crippen molar-refractivity contribution in [3.05, 3.63) is 65.7 Å². The molecule has 1 N–H and O–H groups in total. The number of hydrogen-bond donors (Lipinski definition) is 1. The highest BCUT2D eigenvalue weighted by molar-refractivity contribution is 5.33. The fourth-order valence-electron chi connectivity index (χ4n) is 2.08. The second-order valence-corrected chi connectivity index (χ2v) is 4.67. The van der Waals surface area contributed by atoms with Crippen molar-refractivity contribution < 1.29 is 4.74 Å². The van der Waals surface area contributed by atoms with Crippen molar-refractivity contribution in [2.24, 2.45) is 0 Å². The van der Waals surface area contributed by atoms with Crippen LogP contribution in [-0.4, -0.2) is 13.6 Å². The van der Waals surface area contributed by atoms with E-state index in [1.165, 1.54) is 11.1 Å². The van der Waals surface area contributed by atoms with Gasteiger partial charge in [-0.15, -0.1) is 0 Å². The highest BCUT2D eigenvalue weighted by atomic mass is 16.5. The van der Waals surface area contributed by atoms with Gasteiger partial charge in [-0.25, -0.2) is 0 Å². The molecule has 0 unspecified atom stereocenters. The Bertz CT molecular complexity index is 496. The lowest BCUT2D eigenvalue weighted by molar-refractivity contribution is 0.193. The van der Waals surface area contributed by atoms with Crippen LogP contribution in [0.4, 0.5) is 0 Å². The van der Waals surface area contributed by atoms with Crippen LogP contribution in [0.2, 0.25) is 0 Å². The normalized spacial score (nSPS) is 11.5. The van der Waals surface area contributed by atoms with E-state index in [0.29, 0.717) is 0 Å². The summed E-state index contributed by atoms with van der Waals surface area (Å²) in [6.07, 6.45) is 1.05. The molecule has 0 amide bonds. The van der Waals surface area contributed by atoms with Gasteiger partial charge in [0.2, 0.25) is 0 Å². The summed E-state index contributed by atoms with van der Waals surface area (Å²) in [4.78, 5) is 0. The molecule has 0 saturated carbocycles. The predicted molar refractivity (Wildman–Crippen MR) is 86.3 cm³/mol. The Morgan fingerprint density at radius 1 is 1.00 bits per heavy atom. The van der Waals surface area contributed by atoms with E-state index in [0.717, 1.165) is 18.7 Å². The number of hydrogen-bond acceptors (Lipinski definition) is 2. The van der Waals surface area contributed by atoms with Gasteiger partial charge in [0.05, 0.1) is 0 Å². The van der Waals surface area contributed by atoms with Crippen LogP contribution in [0, 0.1) is 6.92 Å². The Morgan fingerprint density at radius 3 is 2.30 bits per heavy atom. The minimum atomic E-state index is 0. The Hall–Kier alpha value is -1.80. The third-order valence-electron chi connectivity index (χ3n) is 3.19. The van der Waals surface area contributed by atoms with E-state index in [9.17, 15) is 0 Å². The Morgan fingerprint density at radius 2 is 1.65 bits per heavy atom. The first-order valence-corrected chi connectivity index (χ1v) is 6.73. The van der Waals surface area contributed by atoms with Crippen LogP contribution in [-0.2, 0) is 0 Å². The molecule has 0 aliphatic heterocycles. The standard InChI is InChI=1S/C17H21NO.CH4/c1-14-8-6-7-11-16(14)19-17(12-13-18-2)15-9-4-3-5-10-15;/h3-11,17-18H,12-13H2,1-2H3;1H4/t17-;/m0./s1. The van der Waals surface area contributed by atoms with Crippen LogP contribution in [0.25, 0.3) is 0 Å². The minimum Gasteiger partial charge on any atom is -0.485 e. The molecular formula is C18H25NO. The fraction of sp³-hybridized carbons (Fsp3) is 0.333. The smallest absolute Gasteiger partial charge is 0.125 e. The number of benzene rings is 2. The molecule has 0 aromatic heterocycles. The number of rotatable bonds is 6. The first kappa shape index (κ1) is 16.3. The molecule has 0 aliphatic carbocycles. The lowest BCUT2D eigenvalue weighted by Gasteiger charge is -2.20. The first-order valence-electron chi connectivity index (χ1n) is 6.73. The zero-order chi connectivity index (χ0) is 13.5. The number of para-hydroxylation sites is 1. The molecule has 0 fully saturated rings. The van der Waals surface area contributed by atoms with Crippen LogP contribution >= 0.6 is 0 Å². The molecule has 1 atom stereocenters. The van der Waals surface area contributed by atoms with Gasteiger partial charge >= 0.3 is 0 Å². The largest absolute Gasteiger partial charge is 0.485 e. The number of ether oxygens (including phenoxy) is 1. The summed E-state index contributed by atoms with van der Waals surface area (Å²) in [5.41, 5.74) is 2.40. The first-order chi connectivity index (χ1) is 9.31. The molecule has 20 heavy (non-hydrogen) atoms. The zero-order valence-electron chi connectivity index (χ0n) is 11.6. The molecule has 2 aromatic carbocycles. The second-order valence-electron chi connectivity index (χ2n) is 4.67. The van der Waals surface area contributed by atoms with Gasteiger partial charge in [0, 0.05) is 6.42 Å². The highest BCUT2D eigenvalue weighted by Gasteiger charge is 2.13. The molecule has 0 radical (unpaired) electrons. The molecular weight excluding hydrogens is 246 g/mol. The second kappa shape index (κ2) is 8.39. The lowest BCUT2D eigenvalue weighted by Crippen LogP contribution is -2.16. The van der Waals surface area contributed by atoms with Crippen molar-refractivity contribution in [1.29, 1.82) is 0 Å². The lowest BCUT2D eigenvalue weighted by atomic mass is 10.1. The topological polar surface area (TPSA) is 21.3 Å². The van der Waals surface area contributed by atoms with Crippen molar-refractivity contribution in [2.75, 3.05) is 13.6 Å². The van der Waals surface area contributed by atoms with Crippen molar-refractivity contribution in [3.63, 3.8) is 0 Å². The third-order valence-corrected chi connectivity index (χ3v) is 3.19. The van der Waals surface area contributed by atoms with E-state index < -0.39 is 0 Å². The summed E-state index contributed by atoms with van der Waals surface area (Å²) in [6.45, 7) is 3.01. The molecule has 108 valence electrons. The number of aryl methyl sites for hydroxylation is 1. The molecule has 2 rings (SSSR count). The Labute approximate surface area is 122 Å². The van der Waals surface area contributed by atoms with E-state index in [2.05, 4.69) is 42.6 Å². The van der Waals surface area contributed by atoms with Crippen LogP contribution in [0.5, 0.6) is 5.75 Å². The highest BCUT2D eigenvalue weighted by Crippen LogP contribution is 2.26. The summed E-state index contributed by atoms with van der Waals surface area (Å²) >= 11 is 0. The Kier molecular flexibility index (Phi) is 6.82. The quantitative estimate of drug-likeness (QED) is 0.843. The van der Waals surface area contributed by atoms with E-state index in [4.69, 9.17) is 4.74 Å². The molecule has 0 spiro atoms. The van der Waals surface area contributed by atoms with Gasteiger partial charge in [-0.2, -0.15) is 0 Å². The van der Waals surface area contributed by atoms with E-state index in [-0.39, 0.29) is 13.5 Å². The predicted octanol–water partition coefficient (Wildman–Crippen LogP) is 4.36. The molecule has 2 heteroatoms.